The zero-order chi connectivity index (χ0) is 19.3. The quantitative estimate of drug-likeness (QED) is 0.601. The molecule has 0 bridgehead atoms. The summed E-state index contributed by atoms with van der Waals surface area (Å²) in [6.45, 7) is 1.34. The number of nitrogens with zero attached hydrogens (tertiary/aromatic N) is 2. The van der Waals surface area contributed by atoms with E-state index in [-0.39, 0.29) is 10.6 Å². The lowest BCUT2D eigenvalue weighted by atomic mass is 10.2. The summed E-state index contributed by atoms with van der Waals surface area (Å²) in [6, 6.07) is 10.9. The second kappa shape index (κ2) is 8.29. The molecule has 6 nitrogen and oxygen atoms in total. The van der Waals surface area contributed by atoms with Gasteiger partial charge in [0.05, 0.1) is 23.2 Å². The Labute approximate surface area is 156 Å². The maximum atomic E-state index is 13.6. The topological polar surface area (TPSA) is 78.8 Å². The van der Waals surface area contributed by atoms with Crippen LogP contribution >= 0.6 is 11.6 Å². The lowest BCUT2D eigenvalue weighted by Crippen LogP contribution is -2.39. The first-order valence-corrected chi connectivity index (χ1v) is 9.71. The van der Waals surface area contributed by atoms with E-state index >= 15 is 0 Å². The summed E-state index contributed by atoms with van der Waals surface area (Å²) in [5.74, 6) is -1.27. The van der Waals surface area contributed by atoms with E-state index in [1.807, 2.05) is 13.0 Å². The highest BCUT2D eigenvalue weighted by atomic mass is 35.5. The van der Waals surface area contributed by atoms with Crippen molar-refractivity contribution in [2.75, 3.05) is 17.1 Å². The highest BCUT2D eigenvalue weighted by Gasteiger charge is 2.20. The second-order valence-electron chi connectivity index (χ2n) is 5.54. The summed E-state index contributed by atoms with van der Waals surface area (Å²) in [4.78, 5) is 12.1. The number of benzene rings is 2. The van der Waals surface area contributed by atoms with Gasteiger partial charge in [0.2, 0.25) is 10.0 Å². The normalized spacial score (nSPS) is 11.5. The standard InChI is InChI=1S/C17H17ClFN3O3S/c1-12-5-3-6-13(9-12)22(26(2,24)25)11-17(23)21-20-10-14-15(18)7-4-8-16(14)19/h3-10H,11H2,1-2H3,(H,21,23)/b20-10-. The van der Waals surface area contributed by atoms with Crippen molar-refractivity contribution in [1.82, 2.24) is 5.43 Å². The highest BCUT2D eigenvalue weighted by molar-refractivity contribution is 7.92. The van der Waals surface area contributed by atoms with Crippen molar-refractivity contribution in [3.8, 4) is 0 Å². The Bertz CT molecular complexity index is 928. The zero-order valence-corrected chi connectivity index (χ0v) is 15.7. The molecular formula is C17H17ClFN3O3S. The predicted molar refractivity (Wildman–Crippen MR) is 101 cm³/mol. The average Bonchev–Trinajstić information content (AvgIpc) is 2.54. The third-order valence-electron chi connectivity index (χ3n) is 3.36. The van der Waals surface area contributed by atoms with Crippen LogP contribution in [0.4, 0.5) is 10.1 Å². The molecule has 2 aromatic carbocycles. The SMILES string of the molecule is Cc1cccc(N(CC(=O)N/N=C\c2c(F)cccc2Cl)S(C)(=O)=O)c1. The van der Waals surface area contributed by atoms with Crippen LogP contribution in [0.3, 0.4) is 0 Å². The van der Waals surface area contributed by atoms with Gasteiger partial charge < -0.3 is 0 Å². The highest BCUT2D eigenvalue weighted by Crippen LogP contribution is 2.19. The Morgan fingerprint density at radius 2 is 2.00 bits per heavy atom. The Balaban J connectivity index is 2.12. The van der Waals surface area contributed by atoms with Gasteiger partial charge in [0.1, 0.15) is 12.4 Å². The van der Waals surface area contributed by atoms with E-state index in [1.165, 1.54) is 18.2 Å². The van der Waals surface area contributed by atoms with Gasteiger partial charge in [0, 0.05) is 5.56 Å². The van der Waals surface area contributed by atoms with Gasteiger partial charge in [-0.05, 0) is 36.8 Å². The van der Waals surface area contributed by atoms with Crippen molar-refractivity contribution in [3.63, 3.8) is 0 Å². The van der Waals surface area contributed by atoms with Crippen LogP contribution in [0.1, 0.15) is 11.1 Å². The molecule has 0 radical (unpaired) electrons. The summed E-state index contributed by atoms with van der Waals surface area (Å²) >= 11 is 5.85. The third-order valence-corrected chi connectivity index (χ3v) is 4.83. The molecule has 0 fully saturated rings. The summed E-state index contributed by atoms with van der Waals surface area (Å²) in [6.07, 6.45) is 2.07. The Kier molecular flexibility index (Phi) is 6.33. The molecule has 0 aliphatic heterocycles. The molecule has 0 saturated heterocycles. The minimum atomic E-state index is -3.68. The molecular weight excluding hydrogens is 381 g/mol. The van der Waals surface area contributed by atoms with Crippen molar-refractivity contribution < 1.29 is 17.6 Å². The number of anilines is 1. The molecule has 0 spiro atoms. The van der Waals surface area contributed by atoms with E-state index in [2.05, 4.69) is 10.5 Å². The fourth-order valence-electron chi connectivity index (χ4n) is 2.15. The maximum Gasteiger partial charge on any atom is 0.260 e. The molecule has 0 atom stereocenters. The van der Waals surface area contributed by atoms with Crippen molar-refractivity contribution in [2.45, 2.75) is 6.92 Å². The molecule has 1 N–H and O–H groups in total. The van der Waals surface area contributed by atoms with Crippen molar-refractivity contribution in [2.24, 2.45) is 5.10 Å². The van der Waals surface area contributed by atoms with Gasteiger partial charge in [0.25, 0.3) is 5.91 Å². The van der Waals surface area contributed by atoms with E-state index < -0.39 is 28.3 Å². The van der Waals surface area contributed by atoms with Gasteiger partial charge in [-0.25, -0.2) is 18.2 Å². The van der Waals surface area contributed by atoms with Crippen molar-refractivity contribution >= 4 is 39.4 Å². The number of hydrogen-bond acceptors (Lipinski definition) is 4. The second-order valence-corrected chi connectivity index (χ2v) is 7.85. The van der Waals surface area contributed by atoms with Crippen LogP contribution < -0.4 is 9.73 Å². The van der Waals surface area contributed by atoms with E-state index in [1.54, 1.807) is 18.2 Å². The van der Waals surface area contributed by atoms with E-state index in [4.69, 9.17) is 11.6 Å². The van der Waals surface area contributed by atoms with Crippen LogP contribution in [0, 0.1) is 12.7 Å². The van der Waals surface area contributed by atoms with Crippen LogP contribution in [0.2, 0.25) is 5.02 Å². The molecule has 1 amide bonds. The molecule has 0 unspecified atom stereocenters. The van der Waals surface area contributed by atoms with Gasteiger partial charge in [-0.3, -0.25) is 9.10 Å². The maximum absolute atomic E-state index is 13.6. The number of nitrogens with one attached hydrogen (secondary N) is 1. The van der Waals surface area contributed by atoms with Crippen molar-refractivity contribution in [3.05, 3.63) is 64.4 Å². The number of amides is 1. The van der Waals surface area contributed by atoms with Gasteiger partial charge >= 0.3 is 0 Å². The fraction of sp³-hybridized carbons (Fsp3) is 0.176. The Morgan fingerprint density at radius 3 is 2.62 bits per heavy atom. The van der Waals surface area contributed by atoms with E-state index in [9.17, 15) is 17.6 Å². The first kappa shape index (κ1) is 19.9. The number of carbonyl (C=O) groups is 1. The van der Waals surface area contributed by atoms with E-state index in [0.717, 1.165) is 22.3 Å². The molecule has 2 aromatic rings. The van der Waals surface area contributed by atoms with Gasteiger partial charge in [-0.15, -0.1) is 0 Å². The monoisotopic (exact) mass is 397 g/mol. The fourth-order valence-corrected chi connectivity index (χ4v) is 3.21. The van der Waals surface area contributed by atoms with Crippen LogP contribution in [0.15, 0.2) is 47.6 Å². The zero-order valence-electron chi connectivity index (χ0n) is 14.1. The lowest BCUT2D eigenvalue weighted by molar-refractivity contribution is -0.119. The minimum Gasteiger partial charge on any atom is -0.271 e. The minimum absolute atomic E-state index is 0.0214. The molecule has 26 heavy (non-hydrogen) atoms. The van der Waals surface area contributed by atoms with Gasteiger partial charge in [0.15, 0.2) is 0 Å². The lowest BCUT2D eigenvalue weighted by Gasteiger charge is -2.21. The number of aryl methyl sites for hydroxylation is 1. The molecule has 0 aromatic heterocycles. The van der Waals surface area contributed by atoms with Crippen molar-refractivity contribution in [1.29, 1.82) is 0 Å². The van der Waals surface area contributed by atoms with Crippen LogP contribution in [-0.2, 0) is 14.8 Å². The first-order chi connectivity index (χ1) is 12.2. The molecule has 2 rings (SSSR count). The number of rotatable bonds is 6. The molecule has 0 heterocycles. The number of hydrogen-bond donors (Lipinski definition) is 1. The smallest absolute Gasteiger partial charge is 0.260 e. The van der Waals surface area contributed by atoms with E-state index in [0.29, 0.717) is 5.69 Å². The number of hydrazone groups is 1. The number of halogens is 2. The summed E-state index contributed by atoms with van der Waals surface area (Å²) < 4.78 is 38.6. The summed E-state index contributed by atoms with van der Waals surface area (Å²) in [7, 11) is -3.68. The predicted octanol–water partition coefficient (Wildman–Crippen LogP) is 2.70. The number of carbonyl (C=O) groups excluding carboxylic acids is 1. The Morgan fingerprint density at radius 1 is 1.31 bits per heavy atom. The van der Waals surface area contributed by atoms with Gasteiger partial charge in [-0.2, -0.15) is 5.10 Å². The Hall–Kier alpha value is -2.45. The third kappa shape index (κ3) is 5.27. The van der Waals surface area contributed by atoms with Crippen LogP contribution in [0.5, 0.6) is 0 Å². The van der Waals surface area contributed by atoms with Crippen LogP contribution in [0.25, 0.3) is 0 Å². The molecule has 0 saturated carbocycles. The van der Waals surface area contributed by atoms with Crippen LogP contribution in [-0.4, -0.2) is 33.3 Å². The van der Waals surface area contributed by atoms with Gasteiger partial charge in [-0.1, -0.05) is 29.8 Å². The molecule has 0 aliphatic carbocycles. The summed E-state index contributed by atoms with van der Waals surface area (Å²) in [5.41, 5.74) is 3.41. The molecule has 0 aliphatic rings. The summed E-state index contributed by atoms with van der Waals surface area (Å²) in [5, 5.41) is 3.78. The molecule has 9 heteroatoms. The largest absolute Gasteiger partial charge is 0.271 e. The molecule has 138 valence electrons. The number of sulfonamides is 1. The average molecular weight is 398 g/mol. The first-order valence-electron chi connectivity index (χ1n) is 7.49.